The first-order chi connectivity index (χ1) is 8.58. The molecule has 2 rings (SSSR count). The summed E-state index contributed by atoms with van der Waals surface area (Å²) < 4.78 is 0. The van der Waals surface area contributed by atoms with E-state index in [1.54, 1.807) is 24.3 Å². The average molecular weight is 247 g/mol. The van der Waals surface area contributed by atoms with Gasteiger partial charge in [-0.15, -0.1) is 0 Å². The van der Waals surface area contributed by atoms with Crippen molar-refractivity contribution in [2.75, 3.05) is 5.32 Å². The molecule has 18 heavy (non-hydrogen) atoms. The topological polar surface area (TPSA) is 98.2 Å². The van der Waals surface area contributed by atoms with Crippen LogP contribution >= 0.6 is 0 Å². The molecular formula is C13H17N3O2. The lowest BCUT2D eigenvalue weighted by atomic mass is 10.0. The molecule has 5 nitrogen and oxygen atoms in total. The Morgan fingerprint density at radius 2 is 2.06 bits per heavy atom. The Hall–Kier alpha value is -1.88. The van der Waals surface area contributed by atoms with Gasteiger partial charge in [-0.3, -0.25) is 9.59 Å². The summed E-state index contributed by atoms with van der Waals surface area (Å²) in [7, 11) is 0. The predicted octanol–water partition coefficient (Wildman–Crippen LogP) is 0.851. The fourth-order valence-corrected chi connectivity index (χ4v) is 2.30. The first-order valence-corrected chi connectivity index (χ1v) is 6.04. The summed E-state index contributed by atoms with van der Waals surface area (Å²) in [6.07, 6.45) is 2.70. The standard InChI is InChI=1S/C13H17N3O2/c14-11-6-2-5-10(11)13(18)16-9-4-1-3-8(7-9)12(15)17/h1,3-4,7,10-11H,2,5-6,14H2,(H2,15,17)(H,16,18). The zero-order valence-corrected chi connectivity index (χ0v) is 10.1. The summed E-state index contributed by atoms with van der Waals surface area (Å²) in [6.45, 7) is 0. The molecule has 0 aromatic heterocycles. The van der Waals surface area contributed by atoms with Crippen molar-refractivity contribution >= 4 is 17.5 Å². The molecule has 0 spiro atoms. The third kappa shape index (κ3) is 2.68. The van der Waals surface area contributed by atoms with Crippen molar-refractivity contribution in [3.8, 4) is 0 Å². The van der Waals surface area contributed by atoms with Crippen molar-refractivity contribution in [2.45, 2.75) is 25.3 Å². The van der Waals surface area contributed by atoms with Crippen LogP contribution in [0.5, 0.6) is 0 Å². The van der Waals surface area contributed by atoms with E-state index in [1.807, 2.05) is 0 Å². The van der Waals surface area contributed by atoms with Gasteiger partial charge in [-0.2, -0.15) is 0 Å². The number of anilines is 1. The molecule has 0 radical (unpaired) electrons. The highest BCUT2D eigenvalue weighted by Crippen LogP contribution is 2.25. The lowest BCUT2D eigenvalue weighted by Gasteiger charge is -2.15. The van der Waals surface area contributed by atoms with Crippen LogP contribution in [-0.2, 0) is 4.79 Å². The molecule has 96 valence electrons. The van der Waals surface area contributed by atoms with Crippen LogP contribution < -0.4 is 16.8 Å². The molecule has 2 amide bonds. The van der Waals surface area contributed by atoms with Crippen molar-refractivity contribution in [1.82, 2.24) is 0 Å². The van der Waals surface area contributed by atoms with Crippen molar-refractivity contribution < 1.29 is 9.59 Å². The highest BCUT2D eigenvalue weighted by molar-refractivity contribution is 5.97. The second kappa shape index (κ2) is 5.18. The summed E-state index contributed by atoms with van der Waals surface area (Å²) in [4.78, 5) is 23.0. The van der Waals surface area contributed by atoms with Gasteiger partial charge in [0.15, 0.2) is 0 Å². The summed E-state index contributed by atoms with van der Waals surface area (Å²) in [5.41, 5.74) is 12.0. The largest absolute Gasteiger partial charge is 0.366 e. The molecule has 0 bridgehead atoms. The van der Waals surface area contributed by atoms with Gasteiger partial charge in [0, 0.05) is 17.3 Å². The van der Waals surface area contributed by atoms with Gasteiger partial charge in [0.25, 0.3) is 0 Å². The molecule has 0 aliphatic heterocycles. The van der Waals surface area contributed by atoms with E-state index in [1.165, 1.54) is 0 Å². The Labute approximate surface area is 106 Å². The van der Waals surface area contributed by atoms with Crippen LogP contribution in [-0.4, -0.2) is 17.9 Å². The van der Waals surface area contributed by atoms with E-state index in [9.17, 15) is 9.59 Å². The third-order valence-corrected chi connectivity index (χ3v) is 3.32. The first kappa shape index (κ1) is 12.6. The Morgan fingerprint density at radius 3 is 2.67 bits per heavy atom. The number of hydrogen-bond acceptors (Lipinski definition) is 3. The van der Waals surface area contributed by atoms with Gasteiger partial charge in [0.05, 0.1) is 5.92 Å². The quantitative estimate of drug-likeness (QED) is 0.738. The van der Waals surface area contributed by atoms with Crippen molar-refractivity contribution in [3.05, 3.63) is 29.8 Å². The van der Waals surface area contributed by atoms with Crippen LogP contribution in [0, 0.1) is 5.92 Å². The van der Waals surface area contributed by atoms with Crippen molar-refractivity contribution in [1.29, 1.82) is 0 Å². The van der Waals surface area contributed by atoms with E-state index in [-0.39, 0.29) is 17.9 Å². The molecule has 1 saturated carbocycles. The van der Waals surface area contributed by atoms with Crippen LogP contribution in [0.4, 0.5) is 5.69 Å². The lowest BCUT2D eigenvalue weighted by Crippen LogP contribution is -2.34. The molecule has 1 aromatic rings. The molecule has 1 aromatic carbocycles. The number of benzene rings is 1. The normalized spacial score (nSPS) is 22.7. The zero-order chi connectivity index (χ0) is 13.1. The first-order valence-electron chi connectivity index (χ1n) is 6.04. The SMILES string of the molecule is NC(=O)c1cccc(NC(=O)C2CCCC2N)c1. The van der Waals surface area contributed by atoms with E-state index in [4.69, 9.17) is 11.5 Å². The number of primary amides is 1. The van der Waals surface area contributed by atoms with Gasteiger partial charge < -0.3 is 16.8 Å². The molecule has 0 saturated heterocycles. The molecule has 5 heteroatoms. The Kier molecular flexibility index (Phi) is 3.62. The number of rotatable bonds is 3. The minimum atomic E-state index is -0.510. The molecule has 1 fully saturated rings. The van der Waals surface area contributed by atoms with E-state index in [0.29, 0.717) is 11.3 Å². The number of nitrogens with two attached hydrogens (primary N) is 2. The van der Waals surface area contributed by atoms with Crippen LogP contribution in [0.1, 0.15) is 29.6 Å². The summed E-state index contributed by atoms with van der Waals surface area (Å²) in [5.74, 6) is -0.729. The zero-order valence-electron chi connectivity index (χ0n) is 10.1. The molecule has 0 heterocycles. The smallest absolute Gasteiger partial charge is 0.248 e. The summed E-state index contributed by atoms with van der Waals surface area (Å²) in [6, 6.07) is 6.53. The molecular weight excluding hydrogens is 230 g/mol. The second-order valence-corrected chi connectivity index (χ2v) is 4.64. The highest BCUT2D eigenvalue weighted by atomic mass is 16.2. The molecule has 5 N–H and O–H groups in total. The number of amides is 2. The van der Waals surface area contributed by atoms with Crippen LogP contribution in [0.25, 0.3) is 0 Å². The number of carbonyl (C=O) groups is 2. The Bertz CT molecular complexity index is 473. The van der Waals surface area contributed by atoms with Gasteiger partial charge in [-0.25, -0.2) is 0 Å². The van der Waals surface area contributed by atoms with Crippen molar-refractivity contribution in [3.63, 3.8) is 0 Å². The average Bonchev–Trinajstić information content (AvgIpc) is 2.76. The molecule has 1 aliphatic rings. The van der Waals surface area contributed by atoms with E-state index in [0.717, 1.165) is 19.3 Å². The summed E-state index contributed by atoms with van der Waals surface area (Å²) in [5, 5.41) is 2.78. The predicted molar refractivity (Wildman–Crippen MR) is 68.9 cm³/mol. The van der Waals surface area contributed by atoms with E-state index >= 15 is 0 Å². The number of nitrogens with one attached hydrogen (secondary N) is 1. The maximum Gasteiger partial charge on any atom is 0.248 e. The Balaban J connectivity index is 2.07. The number of carbonyl (C=O) groups excluding carboxylic acids is 2. The van der Waals surface area contributed by atoms with Gasteiger partial charge in [-0.1, -0.05) is 12.5 Å². The minimum Gasteiger partial charge on any atom is -0.366 e. The fraction of sp³-hybridized carbons (Fsp3) is 0.385. The van der Waals surface area contributed by atoms with E-state index < -0.39 is 5.91 Å². The van der Waals surface area contributed by atoms with Crippen molar-refractivity contribution in [2.24, 2.45) is 17.4 Å². The lowest BCUT2D eigenvalue weighted by molar-refractivity contribution is -0.120. The van der Waals surface area contributed by atoms with Crippen LogP contribution in [0.15, 0.2) is 24.3 Å². The molecule has 1 aliphatic carbocycles. The second-order valence-electron chi connectivity index (χ2n) is 4.64. The van der Waals surface area contributed by atoms with Gasteiger partial charge >= 0.3 is 0 Å². The maximum absolute atomic E-state index is 12.0. The third-order valence-electron chi connectivity index (χ3n) is 3.32. The highest BCUT2D eigenvalue weighted by Gasteiger charge is 2.30. The van der Waals surface area contributed by atoms with Gasteiger partial charge in [0.1, 0.15) is 0 Å². The maximum atomic E-state index is 12.0. The minimum absolute atomic E-state index is 0.0654. The van der Waals surface area contributed by atoms with Gasteiger partial charge in [0.2, 0.25) is 11.8 Å². The van der Waals surface area contributed by atoms with Crippen LogP contribution in [0.2, 0.25) is 0 Å². The monoisotopic (exact) mass is 247 g/mol. The molecule has 2 unspecified atom stereocenters. The van der Waals surface area contributed by atoms with Gasteiger partial charge in [-0.05, 0) is 31.0 Å². The van der Waals surface area contributed by atoms with Crippen LogP contribution in [0.3, 0.4) is 0 Å². The fourth-order valence-electron chi connectivity index (χ4n) is 2.30. The Morgan fingerprint density at radius 1 is 1.28 bits per heavy atom. The molecule has 2 atom stereocenters. The number of hydrogen-bond donors (Lipinski definition) is 3. The summed E-state index contributed by atoms with van der Waals surface area (Å²) >= 11 is 0. The van der Waals surface area contributed by atoms with E-state index in [2.05, 4.69) is 5.32 Å².